The van der Waals surface area contributed by atoms with Gasteiger partial charge in [0, 0.05) is 19.1 Å². The highest BCUT2D eigenvalue weighted by Crippen LogP contribution is 2.35. The molecule has 76 valence electrons. The van der Waals surface area contributed by atoms with Crippen molar-refractivity contribution in [1.82, 2.24) is 4.90 Å². The third kappa shape index (κ3) is 2.96. The normalized spacial score (nSPS) is 25.2. The molecule has 2 saturated carbocycles. The first kappa shape index (κ1) is 9.47. The van der Waals surface area contributed by atoms with Crippen molar-refractivity contribution in [2.24, 2.45) is 17.6 Å². The third-order valence-corrected chi connectivity index (χ3v) is 3.20. The van der Waals surface area contributed by atoms with Crippen LogP contribution in [-0.4, -0.2) is 30.6 Å². The van der Waals surface area contributed by atoms with E-state index >= 15 is 0 Å². The van der Waals surface area contributed by atoms with E-state index in [1.807, 2.05) is 0 Å². The van der Waals surface area contributed by atoms with Gasteiger partial charge in [-0.25, -0.2) is 0 Å². The largest absolute Gasteiger partial charge is 0.330 e. The van der Waals surface area contributed by atoms with Gasteiger partial charge >= 0.3 is 0 Å². The summed E-state index contributed by atoms with van der Waals surface area (Å²) in [5, 5.41) is 0. The van der Waals surface area contributed by atoms with Gasteiger partial charge < -0.3 is 5.73 Å². The van der Waals surface area contributed by atoms with E-state index in [9.17, 15) is 0 Å². The van der Waals surface area contributed by atoms with E-state index in [1.54, 1.807) is 0 Å². The summed E-state index contributed by atoms with van der Waals surface area (Å²) in [5.41, 5.74) is 5.66. The van der Waals surface area contributed by atoms with Crippen LogP contribution in [0.25, 0.3) is 0 Å². The molecule has 2 aliphatic carbocycles. The second-order valence-corrected chi connectivity index (χ2v) is 4.97. The molecule has 0 amide bonds. The van der Waals surface area contributed by atoms with Gasteiger partial charge in [0.05, 0.1) is 0 Å². The maximum atomic E-state index is 5.66. The Hall–Kier alpha value is -0.0800. The fourth-order valence-corrected chi connectivity index (χ4v) is 1.92. The lowest BCUT2D eigenvalue weighted by molar-refractivity contribution is 0.221. The maximum absolute atomic E-state index is 5.66. The summed E-state index contributed by atoms with van der Waals surface area (Å²) < 4.78 is 0. The van der Waals surface area contributed by atoms with Crippen LogP contribution in [0.4, 0.5) is 0 Å². The van der Waals surface area contributed by atoms with Gasteiger partial charge in [0.1, 0.15) is 0 Å². The Labute approximate surface area is 81.5 Å². The molecule has 0 bridgehead atoms. The number of nitrogens with zero attached hydrogens (tertiary/aromatic N) is 1. The molecule has 0 aromatic rings. The van der Waals surface area contributed by atoms with Crippen LogP contribution in [0.3, 0.4) is 0 Å². The molecule has 0 radical (unpaired) electrons. The van der Waals surface area contributed by atoms with Gasteiger partial charge in [0.15, 0.2) is 0 Å². The Kier molecular flexibility index (Phi) is 2.89. The van der Waals surface area contributed by atoms with Gasteiger partial charge in [-0.3, -0.25) is 4.90 Å². The predicted molar refractivity (Wildman–Crippen MR) is 55.5 cm³/mol. The van der Waals surface area contributed by atoms with Crippen LogP contribution < -0.4 is 5.73 Å². The minimum atomic E-state index is 0.680. The number of nitrogens with two attached hydrogens (primary N) is 1. The molecule has 2 fully saturated rings. The lowest BCUT2D eigenvalue weighted by atomic mass is 10.1. The lowest BCUT2D eigenvalue weighted by Gasteiger charge is -2.24. The number of hydrogen-bond donors (Lipinski definition) is 1. The van der Waals surface area contributed by atoms with E-state index in [2.05, 4.69) is 11.8 Å². The van der Waals surface area contributed by atoms with Crippen molar-refractivity contribution in [3.63, 3.8) is 0 Å². The molecule has 0 heterocycles. The van der Waals surface area contributed by atoms with Crippen molar-refractivity contribution in [1.29, 1.82) is 0 Å². The standard InChI is InChI=1S/C11H22N2/c1-9(6-12)7-13(11-4-5-11)8-10-2-3-10/h9-11H,2-8,12H2,1H3. The third-order valence-electron chi connectivity index (χ3n) is 3.20. The molecule has 13 heavy (non-hydrogen) atoms. The maximum Gasteiger partial charge on any atom is 0.00966 e. The van der Waals surface area contributed by atoms with E-state index in [0.29, 0.717) is 5.92 Å². The van der Waals surface area contributed by atoms with Crippen molar-refractivity contribution < 1.29 is 0 Å². The van der Waals surface area contributed by atoms with Crippen molar-refractivity contribution in [3.8, 4) is 0 Å². The summed E-state index contributed by atoms with van der Waals surface area (Å²) in [6.45, 7) is 5.70. The van der Waals surface area contributed by atoms with Crippen LogP contribution >= 0.6 is 0 Å². The highest BCUT2D eigenvalue weighted by molar-refractivity contribution is 4.88. The summed E-state index contributed by atoms with van der Waals surface area (Å²) in [6.07, 6.45) is 5.81. The molecule has 2 heteroatoms. The van der Waals surface area contributed by atoms with Crippen molar-refractivity contribution in [2.75, 3.05) is 19.6 Å². The highest BCUT2D eigenvalue weighted by Gasteiger charge is 2.33. The molecule has 1 atom stereocenters. The summed E-state index contributed by atoms with van der Waals surface area (Å²) in [5.74, 6) is 1.71. The average Bonchev–Trinajstić information content (AvgIpc) is 2.96. The average molecular weight is 182 g/mol. The fourth-order valence-electron chi connectivity index (χ4n) is 1.92. The van der Waals surface area contributed by atoms with Gasteiger partial charge in [0.2, 0.25) is 0 Å². The monoisotopic (exact) mass is 182 g/mol. The van der Waals surface area contributed by atoms with Crippen LogP contribution in [0.1, 0.15) is 32.6 Å². The van der Waals surface area contributed by atoms with Gasteiger partial charge in [-0.1, -0.05) is 6.92 Å². The van der Waals surface area contributed by atoms with E-state index in [0.717, 1.165) is 18.5 Å². The Morgan fingerprint density at radius 2 is 2.00 bits per heavy atom. The van der Waals surface area contributed by atoms with Gasteiger partial charge in [-0.05, 0) is 44.1 Å². The predicted octanol–water partition coefficient (Wildman–Crippen LogP) is 1.46. The van der Waals surface area contributed by atoms with E-state index in [-0.39, 0.29) is 0 Å². The first-order valence-corrected chi connectivity index (χ1v) is 5.73. The Morgan fingerprint density at radius 1 is 1.31 bits per heavy atom. The molecule has 2 aliphatic rings. The molecule has 2 rings (SSSR count). The second-order valence-electron chi connectivity index (χ2n) is 4.97. The van der Waals surface area contributed by atoms with Crippen LogP contribution in [-0.2, 0) is 0 Å². The van der Waals surface area contributed by atoms with Crippen molar-refractivity contribution in [3.05, 3.63) is 0 Å². The molecular formula is C11H22N2. The van der Waals surface area contributed by atoms with Crippen LogP contribution in [0, 0.1) is 11.8 Å². The van der Waals surface area contributed by atoms with Crippen molar-refractivity contribution in [2.45, 2.75) is 38.6 Å². The first-order valence-electron chi connectivity index (χ1n) is 5.73. The van der Waals surface area contributed by atoms with Crippen LogP contribution in [0.2, 0.25) is 0 Å². The fraction of sp³-hybridized carbons (Fsp3) is 1.00. The van der Waals surface area contributed by atoms with E-state index in [1.165, 1.54) is 38.8 Å². The quantitative estimate of drug-likeness (QED) is 0.674. The molecule has 1 unspecified atom stereocenters. The van der Waals surface area contributed by atoms with Gasteiger partial charge in [0.25, 0.3) is 0 Å². The second kappa shape index (κ2) is 3.97. The first-order chi connectivity index (χ1) is 6.29. The Morgan fingerprint density at radius 3 is 2.46 bits per heavy atom. The minimum Gasteiger partial charge on any atom is -0.330 e. The Bertz CT molecular complexity index is 161. The van der Waals surface area contributed by atoms with Crippen LogP contribution in [0.5, 0.6) is 0 Å². The summed E-state index contributed by atoms with van der Waals surface area (Å²) in [6, 6.07) is 0.926. The van der Waals surface area contributed by atoms with Crippen molar-refractivity contribution >= 4 is 0 Å². The molecule has 0 saturated heterocycles. The Balaban J connectivity index is 1.74. The zero-order chi connectivity index (χ0) is 9.26. The zero-order valence-electron chi connectivity index (χ0n) is 8.71. The van der Waals surface area contributed by atoms with Gasteiger partial charge in [-0.2, -0.15) is 0 Å². The van der Waals surface area contributed by atoms with Gasteiger partial charge in [-0.15, -0.1) is 0 Å². The number of rotatable bonds is 6. The van der Waals surface area contributed by atoms with E-state index < -0.39 is 0 Å². The molecule has 0 aromatic carbocycles. The minimum absolute atomic E-state index is 0.680. The summed E-state index contributed by atoms with van der Waals surface area (Å²) in [4.78, 5) is 2.69. The zero-order valence-corrected chi connectivity index (χ0v) is 8.71. The van der Waals surface area contributed by atoms with E-state index in [4.69, 9.17) is 5.73 Å². The van der Waals surface area contributed by atoms with Crippen LogP contribution in [0.15, 0.2) is 0 Å². The lowest BCUT2D eigenvalue weighted by Crippen LogP contribution is -2.34. The summed E-state index contributed by atoms with van der Waals surface area (Å²) in [7, 11) is 0. The molecular weight excluding hydrogens is 160 g/mol. The summed E-state index contributed by atoms with van der Waals surface area (Å²) >= 11 is 0. The molecule has 2 N–H and O–H groups in total. The number of hydrogen-bond acceptors (Lipinski definition) is 2. The molecule has 0 aromatic heterocycles. The molecule has 2 nitrogen and oxygen atoms in total. The SMILES string of the molecule is CC(CN)CN(CC1CC1)C1CC1. The smallest absolute Gasteiger partial charge is 0.00966 e. The highest BCUT2D eigenvalue weighted by atomic mass is 15.2. The molecule has 0 aliphatic heterocycles. The molecule has 0 spiro atoms. The topological polar surface area (TPSA) is 29.3 Å².